The molecule has 0 unspecified atom stereocenters. The molecule has 7 heteroatoms. The second-order valence-electron chi connectivity index (χ2n) is 4.43. The number of hydrogen-bond donors (Lipinski definition) is 1. The molecule has 0 bridgehead atoms. The first-order chi connectivity index (χ1) is 9.28. The van der Waals surface area contributed by atoms with Crippen LogP contribution in [-0.4, -0.2) is 22.1 Å². The van der Waals surface area contributed by atoms with Crippen LogP contribution < -0.4 is 5.32 Å². The summed E-state index contributed by atoms with van der Waals surface area (Å²) < 4.78 is 37.3. The molecule has 0 aromatic heterocycles. The number of halogens is 5. The summed E-state index contributed by atoms with van der Waals surface area (Å²) >= 11 is 6.68. The minimum absolute atomic E-state index is 0.206. The van der Waals surface area contributed by atoms with Gasteiger partial charge in [0.05, 0.1) is 11.1 Å². The zero-order chi connectivity index (χ0) is 15.4. The van der Waals surface area contributed by atoms with E-state index in [2.05, 4.69) is 37.2 Å². The molecule has 1 N–H and O–H groups in total. The molecule has 0 aliphatic heterocycles. The van der Waals surface area contributed by atoms with Crippen LogP contribution in [0.1, 0.15) is 29.3 Å². The maximum atomic E-state index is 12.4. The molecule has 1 rings (SSSR count). The Bertz CT molecular complexity index is 447. The summed E-state index contributed by atoms with van der Waals surface area (Å²) in [4.78, 5) is 12.1. The summed E-state index contributed by atoms with van der Waals surface area (Å²) in [5.41, 5.74) is -1.02. The van der Waals surface area contributed by atoms with Crippen LogP contribution in [0.3, 0.4) is 0 Å². The molecular weight excluding hydrogens is 403 g/mol. The Morgan fingerprint density at radius 3 is 2.00 bits per heavy atom. The molecule has 0 fully saturated rings. The summed E-state index contributed by atoms with van der Waals surface area (Å²) in [5.74, 6) is -0.389. The van der Waals surface area contributed by atoms with Crippen LogP contribution in [0.4, 0.5) is 13.2 Å². The van der Waals surface area contributed by atoms with Crippen molar-refractivity contribution in [3.05, 3.63) is 35.4 Å². The van der Waals surface area contributed by atoms with E-state index < -0.39 is 17.3 Å². The van der Waals surface area contributed by atoms with Gasteiger partial charge in [-0.05, 0) is 30.7 Å². The number of amides is 1. The first-order valence-electron chi connectivity index (χ1n) is 5.89. The van der Waals surface area contributed by atoms with Crippen LogP contribution in [-0.2, 0) is 6.18 Å². The normalized spacial score (nSPS) is 12.3. The van der Waals surface area contributed by atoms with Gasteiger partial charge in [-0.2, -0.15) is 13.2 Å². The third-order valence-corrected chi connectivity index (χ3v) is 5.19. The lowest BCUT2D eigenvalue weighted by Crippen LogP contribution is -2.51. The molecule has 1 amide bonds. The lowest BCUT2D eigenvalue weighted by atomic mass is 10.0. The van der Waals surface area contributed by atoms with Gasteiger partial charge >= 0.3 is 6.18 Å². The number of rotatable bonds is 5. The lowest BCUT2D eigenvalue weighted by Gasteiger charge is -2.30. The summed E-state index contributed by atoms with van der Waals surface area (Å²) in [6.45, 7) is 1.93. The van der Waals surface area contributed by atoms with Crippen molar-refractivity contribution in [2.24, 2.45) is 0 Å². The fraction of sp³-hybridized carbons (Fsp3) is 0.462. The molecule has 0 aliphatic carbocycles. The standard InChI is InChI=1S/C13H14Br2F3NO/c1-2-12(7-14,8-15)19-11(20)9-3-5-10(6-4-9)13(16,17)18/h3-6H,2,7-8H2,1H3,(H,19,20). The van der Waals surface area contributed by atoms with Gasteiger partial charge in [0, 0.05) is 16.2 Å². The van der Waals surface area contributed by atoms with E-state index in [9.17, 15) is 18.0 Å². The molecule has 0 saturated heterocycles. The van der Waals surface area contributed by atoms with Crippen molar-refractivity contribution >= 4 is 37.8 Å². The van der Waals surface area contributed by atoms with Gasteiger partial charge in [0.2, 0.25) is 0 Å². The van der Waals surface area contributed by atoms with Gasteiger partial charge in [-0.1, -0.05) is 38.8 Å². The number of carbonyl (C=O) groups excluding carboxylic acids is 1. The molecule has 0 radical (unpaired) electrons. The quantitative estimate of drug-likeness (QED) is 0.709. The van der Waals surface area contributed by atoms with Crippen LogP contribution in [0, 0.1) is 0 Å². The van der Waals surface area contributed by atoms with Crippen molar-refractivity contribution in [1.82, 2.24) is 5.32 Å². The Morgan fingerprint density at radius 2 is 1.65 bits per heavy atom. The molecule has 2 nitrogen and oxygen atoms in total. The van der Waals surface area contributed by atoms with Crippen LogP contribution >= 0.6 is 31.9 Å². The van der Waals surface area contributed by atoms with E-state index in [1.54, 1.807) is 0 Å². The molecule has 0 aliphatic rings. The molecule has 0 spiro atoms. The van der Waals surface area contributed by atoms with Crippen molar-refractivity contribution in [1.29, 1.82) is 0 Å². The minimum atomic E-state index is -4.39. The zero-order valence-corrected chi connectivity index (χ0v) is 13.9. The maximum Gasteiger partial charge on any atom is 0.416 e. The maximum absolute atomic E-state index is 12.4. The van der Waals surface area contributed by atoms with Gasteiger partial charge in [-0.3, -0.25) is 4.79 Å². The molecule has 0 atom stereocenters. The van der Waals surface area contributed by atoms with E-state index in [0.717, 1.165) is 12.1 Å². The van der Waals surface area contributed by atoms with E-state index in [-0.39, 0.29) is 11.5 Å². The van der Waals surface area contributed by atoms with E-state index in [4.69, 9.17) is 0 Å². The second kappa shape index (κ2) is 6.93. The Morgan fingerprint density at radius 1 is 1.15 bits per heavy atom. The topological polar surface area (TPSA) is 29.1 Å². The largest absolute Gasteiger partial charge is 0.416 e. The Kier molecular flexibility index (Phi) is 6.06. The minimum Gasteiger partial charge on any atom is -0.345 e. The Labute approximate surface area is 132 Å². The number of hydrogen-bond acceptors (Lipinski definition) is 1. The fourth-order valence-electron chi connectivity index (χ4n) is 1.50. The van der Waals surface area contributed by atoms with Crippen molar-refractivity contribution in [3.8, 4) is 0 Å². The van der Waals surface area contributed by atoms with Crippen LogP contribution in [0.25, 0.3) is 0 Å². The molecule has 0 heterocycles. The highest BCUT2D eigenvalue weighted by Gasteiger charge is 2.31. The monoisotopic (exact) mass is 415 g/mol. The van der Waals surface area contributed by atoms with E-state index in [1.807, 2.05) is 6.92 Å². The molecule has 1 aromatic carbocycles. The first kappa shape index (κ1) is 17.5. The van der Waals surface area contributed by atoms with Gasteiger partial charge in [0.25, 0.3) is 5.91 Å². The van der Waals surface area contributed by atoms with Gasteiger partial charge < -0.3 is 5.32 Å². The first-order valence-corrected chi connectivity index (χ1v) is 8.14. The van der Waals surface area contributed by atoms with Gasteiger partial charge in [-0.25, -0.2) is 0 Å². The van der Waals surface area contributed by atoms with Crippen LogP contribution in [0.2, 0.25) is 0 Å². The van der Waals surface area contributed by atoms with Crippen LogP contribution in [0.15, 0.2) is 24.3 Å². The summed E-state index contributed by atoms with van der Waals surface area (Å²) in [7, 11) is 0. The number of benzene rings is 1. The number of alkyl halides is 5. The molecule has 20 heavy (non-hydrogen) atoms. The SMILES string of the molecule is CCC(CBr)(CBr)NC(=O)c1ccc(C(F)(F)F)cc1. The summed E-state index contributed by atoms with van der Waals surface area (Å²) in [6, 6.07) is 4.18. The summed E-state index contributed by atoms with van der Waals surface area (Å²) in [5, 5.41) is 3.94. The molecular formula is C13H14Br2F3NO. The van der Waals surface area contributed by atoms with Gasteiger partial charge in [0.1, 0.15) is 0 Å². The zero-order valence-electron chi connectivity index (χ0n) is 10.7. The third kappa shape index (κ3) is 4.22. The Balaban J connectivity index is 2.88. The molecule has 0 saturated carbocycles. The lowest BCUT2D eigenvalue weighted by molar-refractivity contribution is -0.137. The smallest absolute Gasteiger partial charge is 0.345 e. The van der Waals surface area contributed by atoms with E-state index in [1.165, 1.54) is 12.1 Å². The van der Waals surface area contributed by atoms with Crippen molar-refractivity contribution in [3.63, 3.8) is 0 Å². The third-order valence-electron chi connectivity index (χ3n) is 3.04. The average molecular weight is 417 g/mol. The predicted octanol–water partition coefficient (Wildman–Crippen LogP) is 4.37. The Hall–Kier alpha value is -0.560. The molecule has 1 aromatic rings. The van der Waals surface area contributed by atoms with Crippen molar-refractivity contribution in [2.45, 2.75) is 25.1 Å². The summed E-state index contributed by atoms with van der Waals surface area (Å²) in [6.07, 6.45) is -3.70. The predicted molar refractivity (Wildman–Crippen MR) is 79.5 cm³/mol. The highest BCUT2D eigenvalue weighted by atomic mass is 79.9. The van der Waals surface area contributed by atoms with E-state index in [0.29, 0.717) is 17.1 Å². The highest BCUT2D eigenvalue weighted by molar-refractivity contribution is 9.09. The van der Waals surface area contributed by atoms with Gasteiger partial charge in [0.15, 0.2) is 0 Å². The van der Waals surface area contributed by atoms with Gasteiger partial charge in [-0.15, -0.1) is 0 Å². The number of nitrogens with one attached hydrogen (secondary N) is 1. The second-order valence-corrected chi connectivity index (χ2v) is 5.55. The average Bonchev–Trinajstić information content (AvgIpc) is 2.44. The van der Waals surface area contributed by atoms with E-state index >= 15 is 0 Å². The van der Waals surface area contributed by atoms with Crippen molar-refractivity contribution in [2.75, 3.05) is 10.7 Å². The fourth-order valence-corrected chi connectivity index (χ4v) is 3.51. The van der Waals surface area contributed by atoms with Crippen LogP contribution in [0.5, 0.6) is 0 Å². The number of carbonyl (C=O) groups is 1. The molecule has 112 valence electrons. The highest BCUT2D eigenvalue weighted by Crippen LogP contribution is 2.29. The van der Waals surface area contributed by atoms with Crippen molar-refractivity contribution < 1.29 is 18.0 Å².